The first-order valence-corrected chi connectivity index (χ1v) is 11.6. The largest absolute Gasteiger partial charge is 0.401 e. The molecule has 0 unspecified atom stereocenters. The zero-order valence-electron chi connectivity index (χ0n) is 19.0. The standard InChI is InChI=1S/C24H26F4N4O3/c25-18-9-17-12-32(23(33)15-3-5-31(6-4-15)14-24(26,27)28)20-10-16(21-13-34-7-8-35-21)1-2-19(20)30-22(17)29-11-18/h1-2,9-11,15,21H,3-8,12-14H2,(H,29,30)/t21-/m0/s1. The summed E-state index contributed by atoms with van der Waals surface area (Å²) in [7, 11) is 0. The van der Waals surface area contributed by atoms with Gasteiger partial charge in [-0.05, 0) is 49.7 Å². The highest BCUT2D eigenvalue weighted by molar-refractivity contribution is 5.99. The van der Waals surface area contributed by atoms with E-state index in [0.29, 0.717) is 55.4 Å². The molecule has 1 aromatic heterocycles. The Morgan fingerprint density at radius 3 is 2.69 bits per heavy atom. The van der Waals surface area contributed by atoms with Gasteiger partial charge in [-0.2, -0.15) is 13.2 Å². The fourth-order valence-electron chi connectivity index (χ4n) is 4.86. The molecule has 3 aliphatic heterocycles. The summed E-state index contributed by atoms with van der Waals surface area (Å²) in [5.74, 6) is -0.700. The predicted molar refractivity (Wildman–Crippen MR) is 120 cm³/mol. The third-order valence-electron chi connectivity index (χ3n) is 6.62. The van der Waals surface area contributed by atoms with Gasteiger partial charge in [-0.15, -0.1) is 0 Å². The Balaban J connectivity index is 1.43. The predicted octanol–water partition coefficient (Wildman–Crippen LogP) is 4.17. The van der Waals surface area contributed by atoms with Crippen LogP contribution in [-0.2, 0) is 20.8 Å². The van der Waals surface area contributed by atoms with Gasteiger partial charge in [0.05, 0.1) is 50.5 Å². The van der Waals surface area contributed by atoms with Gasteiger partial charge >= 0.3 is 6.18 Å². The molecule has 2 saturated heterocycles. The van der Waals surface area contributed by atoms with Crippen molar-refractivity contribution in [2.75, 3.05) is 49.7 Å². The van der Waals surface area contributed by atoms with Crippen molar-refractivity contribution in [2.24, 2.45) is 5.92 Å². The molecule has 1 atom stereocenters. The van der Waals surface area contributed by atoms with E-state index >= 15 is 0 Å². The maximum atomic E-state index is 14.0. The van der Waals surface area contributed by atoms with Crippen molar-refractivity contribution in [3.05, 3.63) is 47.4 Å². The van der Waals surface area contributed by atoms with Crippen molar-refractivity contribution in [1.82, 2.24) is 9.88 Å². The number of rotatable bonds is 3. The maximum Gasteiger partial charge on any atom is 0.401 e. The van der Waals surface area contributed by atoms with Crippen LogP contribution in [0.3, 0.4) is 0 Å². The van der Waals surface area contributed by atoms with Crippen LogP contribution < -0.4 is 10.2 Å². The quantitative estimate of drug-likeness (QED) is 0.647. The Hall–Kier alpha value is -2.76. The molecule has 0 saturated carbocycles. The molecule has 35 heavy (non-hydrogen) atoms. The molecule has 0 spiro atoms. The molecule has 0 radical (unpaired) electrons. The van der Waals surface area contributed by atoms with Crippen LogP contribution in [-0.4, -0.2) is 61.4 Å². The Morgan fingerprint density at radius 1 is 1.17 bits per heavy atom. The number of aromatic nitrogens is 1. The van der Waals surface area contributed by atoms with E-state index in [9.17, 15) is 22.4 Å². The average molecular weight is 494 g/mol. The molecule has 1 aromatic carbocycles. The third kappa shape index (κ3) is 5.41. The number of hydrogen-bond donors (Lipinski definition) is 1. The minimum absolute atomic E-state index is 0.0904. The smallest absolute Gasteiger partial charge is 0.376 e. The summed E-state index contributed by atoms with van der Waals surface area (Å²) in [5, 5.41) is 3.20. The van der Waals surface area contributed by atoms with Crippen LogP contribution in [0, 0.1) is 11.7 Å². The number of hydrogen-bond acceptors (Lipinski definition) is 6. The lowest BCUT2D eigenvalue weighted by Gasteiger charge is -2.34. The highest BCUT2D eigenvalue weighted by Gasteiger charge is 2.36. The molecule has 1 amide bonds. The van der Waals surface area contributed by atoms with E-state index in [1.54, 1.807) is 4.90 Å². The summed E-state index contributed by atoms with van der Waals surface area (Å²) in [4.78, 5) is 20.8. The summed E-state index contributed by atoms with van der Waals surface area (Å²) >= 11 is 0. The van der Waals surface area contributed by atoms with Crippen molar-refractivity contribution in [3.8, 4) is 0 Å². The molecular formula is C24H26F4N4O3. The molecule has 5 rings (SSSR count). The van der Waals surface area contributed by atoms with Crippen LogP contribution in [0.2, 0.25) is 0 Å². The van der Waals surface area contributed by atoms with Gasteiger partial charge in [-0.1, -0.05) is 6.07 Å². The number of carbonyl (C=O) groups excluding carboxylic acids is 1. The van der Waals surface area contributed by atoms with Gasteiger partial charge in [0.2, 0.25) is 5.91 Å². The summed E-state index contributed by atoms with van der Waals surface area (Å²) in [6, 6.07) is 6.92. The Morgan fingerprint density at radius 2 is 1.97 bits per heavy atom. The summed E-state index contributed by atoms with van der Waals surface area (Å²) < 4.78 is 63.7. The van der Waals surface area contributed by atoms with Crippen molar-refractivity contribution < 1.29 is 31.8 Å². The molecule has 3 aliphatic rings. The normalized spacial score (nSPS) is 21.6. The lowest BCUT2D eigenvalue weighted by atomic mass is 9.94. The number of benzene rings is 1. The SMILES string of the molecule is O=C(C1CCN(CC(F)(F)F)CC1)N1Cc2cc(F)cnc2Nc2ccc([C@@H]3COCCO3)cc21. The molecule has 0 aliphatic carbocycles. The second kappa shape index (κ2) is 9.71. The summed E-state index contributed by atoms with van der Waals surface area (Å²) in [5.41, 5.74) is 2.58. The van der Waals surface area contributed by atoms with Crippen LogP contribution in [0.4, 0.5) is 34.8 Å². The number of amides is 1. The Bertz CT molecular complexity index is 1080. The topological polar surface area (TPSA) is 66.9 Å². The van der Waals surface area contributed by atoms with Crippen molar-refractivity contribution in [2.45, 2.75) is 31.7 Å². The number of pyridine rings is 1. The first kappa shape index (κ1) is 24.0. The van der Waals surface area contributed by atoms with Gasteiger partial charge in [0.25, 0.3) is 0 Å². The number of anilines is 3. The van der Waals surface area contributed by atoms with Crippen LogP contribution >= 0.6 is 0 Å². The van der Waals surface area contributed by atoms with Gasteiger partial charge in [0.1, 0.15) is 17.7 Å². The van der Waals surface area contributed by atoms with Crippen molar-refractivity contribution in [1.29, 1.82) is 0 Å². The zero-order valence-corrected chi connectivity index (χ0v) is 19.0. The number of fused-ring (bicyclic) bond motifs is 2. The lowest BCUT2D eigenvalue weighted by molar-refractivity contribution is -0.149. The van der Waals surface area contributed by atoms with E-state index < -0.39 is 24.5 Å². The molecule has 2 aromatic rings. The molecule has 7 nitrogen and oxygen atoms in total. The molecule has 11 heteroatoms. The number of carbonyl (C=O) groups is 1. The van der Waals surface area contributed by atoms with Crippen molar-refractivity contribution >= 4 is 23.1 Å². The highest BCUT2D eigenvalue weighted by atomic mass is 19.4. The molecule has 0 bridgehead atoms. The molecule has 4 heterocycles. The molecule has 1 N–H and O–H groups in total. The number of nitrogens with one attached hydrogen (secondary N) is 1. The van der Waals surface area contributed by atoms with Crippen LogP contribution in [0.1, 0.15) is 30.1 Å². The maximum absolute atomic E-state index is 14.0. The molecular weight excluding hydrogens is 468 g/mol. The summed E-state index contributed by atoms with van der Waals surface area (Å²) in [6.45, 7) is 0.873. The van der Waals surface area contributed by atoms with Crippen LogP contribution in [0.5, 0.6) is 0 Å². The second-order valence-electron chi connectivity index (χ2n) is 9.09. The lowest BCUT2D eigenvalue weighted by Crippen LogP contribution is -2.45. The van der Waals surface area contributed by atoms with Gasteiger partial charge in [0.15, 0.2) is 0 Å². The van der Waals surface area contributed by atoms with E-state index in [0.717, 1.165) is 11.8 Å². The van der Waals surface area contributed by atoms with Gasteiger partial charge in [-0.25, -0.2) is 9.37 Å². The first-order valence-electron chi connectivity index (χ1n) is 11.6. The van der Waals surface area contributed by atoms with Gasteiger partial charge in [0, 0.05) is 11.5 Å². The van der Waals surface area contributed by atoms with Crippen molar-refractivity contribution in [3.63, 3.8) is 0 Å². The van der Waals surface area contributed by atoms with E-state index in [1.807, 2.05) is 18.2 Å². The average Bonchev–Trinajstić information content (AvgIpc) is 2.99. The number of alkyl halides is 3. The van der Waals surface area contributed by atoms with Crippen LogP contribution in [0.15, 0.2) is 30.5 Å². The van der Waals surface area contributed by atoms with Gasteiger partial charge < -0.3 is 19.7 Å². The number of halogens is 4. The van der Waals surface area contributed by atoms with E-state index in [2.05, 4.69) is 10.3 Å². The van der Waals surface area contributed by atoms with E-state index in [-0.39, 0.29) is 31.6 Å². The van der Waals surface area contributed by atoms with Gasteiger partial charge in [-0.3, -0.25) is 9.69 Å². The number of piperidine rings is 1. The second-order valence-corrected chi connectivity index (χ2v) is 9.09. The Labute approximate surface area is 200 Å². The van der Waals surface area contributed by atoms with E-state index in [4.69, 9.17) is 9.47 Å². The minimum atomic E-state index is -4.27. The number of ether oxygens (including phenoxy) is 2. The third-order valence-corrected chi connectivity index (χ3v) is 6.62. The molecule has 188 valence electrons. The number of likely N-dealkylation sites (tertiary alicyclic amines) is 1. The highest BCUT2D eigenvalue weighted by Crippen LogP contribution is 2.39. The summed E-state index contributed by atoms with van der Waals surface area (Å²) in [6.07, 6.45) is -2.80. The Kier molecular flexibility index (Phi) is 6.65. The van der Waals surface area contributed by atoms with E-state index in [1.165, 1.54) is 11.0 Å². The first-order chi connectivity index (χ1) is 16.8. The fraction of sp³-hybridized carbons (Fsp3) is 0.500. The van der Waals surface area contributed by atoms with Crippen LogP contribution in [0.25, 0.3) is 0 Å². The number of nitrogens with zero attached hydrogens (tertiary/aromatic N) is 3. The zero-order chi connectivity index (χ0) is 24.6. The monoisotopic (exact) mass is 494 g/mol. The molecule has 2 fully saturated rings. The minimum Gasteiger partial charge on any atom is -0.376 e. The fourth-order valence-corrected chi connectivity index (χ4v) is 4.86.